The summed E-state index contributed by atoms with van der Waals surface area (Å²) in [5.41, 5.74) is 0.682. The van der Waals surface area contributed by atoms with E-state index in [-0.39, 0.29) is 23.8 Å². The van der Waals surface area contributed by atoms with Crippen molar-refractivity contribution in [3.63, 3.8) is 0 Å². The minimum atomic E-state index is -0.767. The van der Waals surface area contributed by atoms with Crippen LogP contribution in [0.2, 0.25) is 0 Å². The number of anilines is 1. The van der Waals surface area contributed by atoms with E-state index in [2.05, 4.69) is 10.6 Å². The summed E-state index contributed by atoms with van der Waals surface area (Å²) >= 11 is 0. The van der Waals surface area contributed by atoms with Gasteiger partial charge >= 0.3 is 0 Å². The number of nitrogens with zero attached hydrogens (tertiary/aromatic N) is 1. The standard InChI is InChI=1S/C15H19N3O4/c1-15(2,3)17-13(19)9-4-6-10(7-5-9)16-14(20)11-8-12(11)18(21)22/h4-7,11-12H,8H2,1-3H3,(H,16,20)(H,17,19)/t11-,12+/m0/s1. The van der Waals surface area contributed by atoms with E-state index in [0.717, 1.165) is 0 Å². The van der Waals surface area contributed by atoms with Crippen molar-refractivity contribution >= 4 is 17.5 Å². The number of hydrogen-bond acceptors (Lipinski definition) is 4. The second-order valence-electron chi connectivity index (χ2n) is 6.47. The van der Waals surface area contributed by atoms with Gasteiger partial charge in [-0.15, -0.1) is 0 Å². The number of rotatable bonds is 4. The molecule has 0 saturated heterocycles. The second-order valence-corrected chi connectivity index (χ2v) is 6.47. The van der Waals surface area contributed by atoms with Crippen LogP contribution in [0.15, 0.2) is 24.3 Å². The average Bonchev–Trinajstić information content (AvgIpc) is 3.17. The van der Waals surface area contributed by atoms with Crippen LogP contribution in [0.25, 0.3) is 0 Å². The Morgan fingerprint density at radius 3 is 2.27 bits per heavy atom. The summed E-state index contributed by atoms with van der Waals surface area (Å²) in [4.78, 5) is 33.9. The summed E-state index contributed by atoms with van der Waals surface area (Å²) in [5, 5.41) is 16.0. The summed E-state index contributed by atoms with van der Waals surface area (Å²) in [6, 6.07) is 5.66. The molecule has 1 aliphatic rings. The Morgan fingerprint density at radius 2 is 1.82 bits per heavy atom. The van der Waals surface area contributed by atoms with Gasteiger partial charge in [-0.2, -0.15) is 0 Å². The molecule has 1 aliphatic carbocycles. The molecule has 0 spiro atoms. The topological polar surface area (TPSA) is 101 Å². The highest BCUT2D eigenvalue weighted by molar-refractivity contribution is 5.97. The smallest absolute Gasteiger partial charge is 0.251 e. The number of hydrogen-bond donors (Lipinski definition) is 2. The van der Waals surface area contributed by atoms with E-state index in [0.29, 0.717) is 11.3 Å². The van der Waals surface area contributed by atoms with Crippen LogP contribution < -0.4 is 10.6 Å². The summed E-state index contributed by atoms with van der Waals surface area (Å²) in [6.07, 6.45) is 0.283. The third-order valence-electron chi connectivity index (χ3n) is 3.27. The lowest BCUT2D eigenvalue weighted by Gasteiger charge is -2.20. The highest BCUT2D eigenvalue weighted by Crippen LogP contribution is 2.34. The molecular weight excluding hydrogens is 286 g/mol. The first-order valence-corrected chi connectivity index (χ1v) is 7.04. The molecule has 0 radical (unpaired) electrons. The Hall–Kier alpha value is -2.44. The maximum atomic E-state index is 12.0. The van der Waals surface area contributed by atoms with Crippen LogP contribution in [-0.2, 0) is 4.79 Å². The lowest BCUT2D eigenvalue weighted by molar-refractivity contribution is -0.497. The van der Waals surface area contributed by atoms with Gasteiger partial charge in [-0.05, 0) is 45.0 Å². The zero-order valence-corrected chi connectivity index (χ0v) is 12.8. The molecule has 2 rings (SSSR count). The van der Waals surface area contributed by atoms with Crippen molar-refractivity contribution in [1.29, 1.82) is 0 Å². The molecule has 0 heterocycles. The van der Waals surface area contributed by atoms with E-state index >= 15 is 0 Å². The lowest BCUT2D eigenvalue weighted by Crippen LogP contribution is -2.40. The van der Waals surface area contributed by atoms with E-state index in [9.17, 15) is 19.7 Å². The molecule has 1 saturated carbocycles. The molecule has 0 bridgehead atoms. The van der Waals surface area contributed by atoms with Crippen molar-refractivity contribution in [3.05, 3.63) is 39.9 Å². The summed E-state index contributed by atoms with van der Waals surface area (Å²) in [6.45, 7) is 5.67. The van der Waals surface area contributed by atoms with Gasteiger partial charge in [-0.3, -0.25) is 19.7 Å². The van der Waals surface area contributed by atoms with Crippen molar-refractivity contribution in [3.8, 4) is 0 Å². The molecule has 0 unspecified atom stereocenters. The van der Waals surface area contributed by atoms with Crippen LogP contribution in [0.5, 0.6) is 0 Å². The number of benzene rings is 1. The molecule has 2 atom stereocenters. The molecule has 7 nitrogen and oxygen atoms in total. The van der Waals surface area contributed by atoms with E-state index in [1.807, 2.05) is 20.8 Å². The number of carbonyl (C=O) groups is 2. The quantitative estimate of drug-likeness (QED) is 0.654. The fourth-order valence-corrected chi connectivity index (χ4v) is 2.05. The Labute approximate surface area is 128 Å². The van der Waals surface area contributed by atoms with Gasteiger partial charge in [-0.1, -0.05) is 0 Å². The molecule has 2 N–H and O–H groups in total. The van der Waals surface area contributed by atoms with Crippen molar-refractivity contribution < 1.29 is 14.5 Å². The minimum absolute atomic E-state index is 0.194. The highest BCUT2D eigenvalue weighted by Gasteiger charge is 2.53. The molecule has 7 heteroatoms. The molecule has 1 aromatic carbocycles. The Kier molecular flexibility index (Phi) is 4.16. The molecule has 1 aromatic rings. The molecule has 22 heavy (non-hydrogen) atoms. The predicted octanol–water partition coefficient (Wildman–Crippen LogP) is 1.82. The summed E-state index contributed by atoms with van der Waals surface area (Å²) in [5.74, 6) is -1.10. The van der Waals surface area contributed by atoms with Gasteiger partial charge in [0.2, 0.25) is 11.9 Å². The maximum absolute atomic E-state index is 12.0. The summed E-state index contributed by atoms with van der Waals surface area (Å²) in [7, 11) is 0. The fourth-order valence-electron chi connectivity index (χ4n) is 2.05. The van der Waals surface area contributed by atoms with E-state index in [4.69, 9.17) is 0 Å². The first kappa shape index (κ1) is 15.9. The van der Waals surface area contributed by atoms with E-state index in [1.54, 1.807) is 24.3 Å². The first-order valence-electron chi connectivity index (χ1n) is 7.04. The molecular formula is C15H19N3O4. The minimum Gasteiger partial charge on any atom is -0.347 e. The van der Waals surface area contributed by atoms with Crippen LogP contribution in [-0.4, -0.2) is 28.3 Å². The van der Waals surface area contributed by atoms with Gasteiger partial charge < -0.3 is 10.6 Å². The van der Waals surface area contributed by atoms with Gasteiger partial charge in [0.1, 0.15) is 5.92 Å². The van der Waals surface area contributed by atoms with Crippen LogP contribution in [0, 0.1) is 16.0 Å². The monoisotopic (exact) mass is 305 g/mol. The third kappa shape index (κ3) is 4.03. The van der Waals surface area contributed by atoms with Crippen molar-refractivity contribution in [2.24, 2.45) is 5.92 Å². The van der Waals surface area contributed by atoms with Gasteiger partial charge in [0.25, 0.3) is 5.91 Å². The van der Waals surface area contributed by atoms with Crippen molar-refractivity contribution in [1.82, 2.24) is 5.32 Å². The fraction of sp³-hybridized carbons (Fsp3) is 0.467. The van der Waals surface area contributed by atoms with Crippen LogP contribution in [0.4, 0.5) is 5.69 Å². The van der Waals surface area contributed by atoms with Gasteiger partial charge in [-0.25, -0.2) is 0 Å². The third-order valence-corrected chi connectivity index (χ3v) is 3.27. The molecule has 0 aliphatic heterocycles. The molecule has 118 valence electrons. The molecule has 0 aromatic heterocycles. The highest BCUT2D eigenvalue weighted by atomic mass is 16.6. The Morgan fingerprint density at radius 1 is 1.23 bits per heavy atom. The first-order chi connectivity index (χ1) is 10.2. The van der Waals surface area contributed by atoms with Gasteiger partial charge in [0.15, 0.2) is 0 Å². The number of carbonyl (C=O) groups excluding carboxylic acids is 2. The molecule has 2 amide bonds. The Bertz CT molecular complexity index is 604. The Balaban J connectivity index is 1.94. The summed E-state index contributed by atoms with van der Waals surface area (Å²) < 4.78 is 0. The average molecular weight is 305 g/mol. The number of nitrogens with one attached hydrogen (secondary N) is 2. The van der Waals surface area contributed by atoms with E-state index in [1.165, 1.54) is 0 Å². The SMILES string of the molecule is CC(C)(C)NC(=O)c1ccc(NC(=O)[C@H]2C[C@H]2[N+](=O)[O-])cc1. The van der Waals surface area contributed by atoms with Crippen LogP contribution in [0.3, 0.4) is 0 Å². The normalized spacial score (nSPS) is 20.1. The zero-order valence-electron chi connectivity index (χ0n) is 12.8. The van der Waals surface area contributed by atoms with Crippen molar-refractivity contribution in [2.75, 3.05) is 5.32 Å². The molecule has 1 fully saturated rings. The number of amides is 2. The second kappa shape index (κ2) is 5.75. The largest absolute Gasteiger partial charge is 0.347 e. The maximum Gasteiger partial charge on any atom is 0.251 e. The van der Waals surface area contributed by atoms with Gasteiger partial charge in [0.05, 0.1) is 0 Å². The number of nitro groups is 1. The van der Waals surface area contributed by atoms with Crippen LogP contribution >= 0.6 is 0 Å². The lowest BCUT2D eigenvalue weighted by atomic mass is 10.1. The van der Waals surface area contributed by atoms with E-state index < -0.39 is 16.9 Å². The van der Waals surface area contributed by atoms with Crippen molar-refractivity contribution in [2.45, 2.75) is 38.8 Å². The zero-order chi connectivity index (χ0) is 16.5. The van der Waals surface area contributed by atoms with Gasteiger partial charge in [0, 0.05) is 28.1 Å². The predicted molar refractivity (Wildman–Crippen MR) is 81.2 cm³/mol. The van der Waals surface area contributed by atoms with Crippen LogP contribution in [0.1, 0.15) is 37.6 Å².